The van der Waals surface area contributed by atoms with Crippen LogP contribution in [0.4, 0.5) is 0 Å². The van der Waals surface area contributed by atoms with Crippen molar-refractivity contribution >= 4 is 19.8 Å². The van der Waals surface area contributed by atoms with E-state index in [1.165, 1.54) is 57.8 Å². The standard InChI is InChI=1S/C35H68NO8P/c1-6-8-10-12-14-15-16-17-18-19-20-22-23-25-27-34(37)41-31-33(32-43-45(39,40)42-30-29-36(3,4)5)44-35(38)28-26-24-21-13-11-9-7-2/h16-17,33H,6-15,18-32H2,1-5H3/b17-16+/t33-/m0/s1. The number of quaternary nitrogens is 1. The largest absolute Gasteiger partial charge is 0.756 e. The molecule has 0 aliphatic rings. The fraction of sp³-hybridized carbons (Fsp3) is 0.886. The first-order valence-electron chi connectivity index (χ1n) is 17.9. The molecule has 0 fully saturated rings. The second-order valence-electron chi connectivity index (χ2n) is 13.2. The van der Waals surface area contributed by atoms with Crippen LogP contribution in [-0.2, 0) is 32.7 Å². The molecule has 0 saturated heterocycles. The quantitative estimate of drug-likeness (QED) is 0.0232. The lowest BCUT2D eigenvalue weighted by Gasteiger charge is -2.28. The molecular formula is C35H68NO8P. The van der Waals surface area contributed by atoms with E-state index < -0.39 is 32.5 Å². The Morgan fingerprint density at radius 2 is 1.13 bits per heavy atom. The number of carbonyl (C=O) groups is 2. The summed E-state index contributed by atoms with van der Waals surface area (Å²) in [4.78, 5) is 37.1. The summed E-state index contributed by atoms with van der Waals surface area (Å²) in [6.07, 6.45) is 25.4. The molecule has 0 N–H and O–H groups in total. The second kappa shape index (κ2) is 28.9. The molecule has 0 bridgehead atoms. The molecule has 0 aliphatic carbocycles. The summed E-state index contributed by atoms with van der Waals surface area (Å²) in [5, 5.41) is 0. The second-order valence-corrected chi connectivity index (χ2v) is 14.6. The number of unbranched alkanes of at least 4 members (excludes halogenated alkanes) is 16. The summed E-state index contributed by atoms with van der Waals surface area (Å²) < 4.78 is 33.5. The smallest absolute Gasteiger partial charge is 0.306 e. The van der Waals surface area contributed by atoms with Crippen molar-refractivity contribution < 1.29 is 42.1 Å². The highest BCUT2D eigenvalue weighted by atomic mass is 31.2. The molecule has 9 nitrogen and oxygen atoms in total. The zero-order chi connectivity index (χ0) is 33.7. The van der Waals surface area contributed by atoms with Crippen LogP contribution in [0.5, 0.6) is 0 Å². The number of carbonyl (C=O) groups excluding carboxylic acids is 2. The molecule has 45 heavy (non-hydrogen) atoms. The maximum atomic E-state index is 12.5. The van der Waals surface area contributed by atoms with Gasteiger partial charge in [-0.3, -0.25) is 14.2 Å². The number of allylic oxidation sites excluding steroid dienone is 2. The summed E-state index contributed by atoms with van der Waals surface area (Å²) in [7, 11) is 1.16. The van der Waals surface area contributed by atoms with Crippen LogP contribution >= 0.6 is 7.82 Å². The van der Waals surface area contributed by atoms with Crippen molar-refractivity contribution in [2.24, 2.45) is 0 Å². The van der Waals surface area contributed by atoms with Crippen LogP contribution in [0.1, 0.15) is 149 Å². The van der Waals surface area contributed by atoms with Crippen LogP contribution in [0.25, 0.3) is 0 Å². The van der Waals surface area contributed by atoms with Gasteiger partial charge in [0.1, 0.15) is 19.8 Å². The van der Waals surface area contributed by atoms with Crippen molar-refractivity contribution in [1.82, 2.24) is 0 Å². The molecule has 266 valence electrons. The molecule has 10 heteroatoms. The SMILES string of the molecule is CCCCCCC/C=C/CCCCCCCC(=O)OC[C@@H](COP(=O)([O-])OCC[N+](C)(C)C)OC(=O)CCCCCCCCC. The summed E-state index contributed by atoms with van der Waals surface area (Å²) >= 11 is 0. The van der Waals surface area contributed by atoms with Crippen LogP contribution in [0.3, 0.4) is 0 Å². The molecule has 2 atom stereocenters. The fourth-order valence-electron chi connectivity index (χ4n) is 4.65. The Kier molecular flexibility index (Phi) is 28.1. The van der Waals surface area contributed by atoms with Crippen LogP contribution < -0.4 is 4.89 Å². The van der Waals surface area contributed by atoms with Gasteiger partial charge in [0.25, 0.3) is 7.82 Å². The Balaban J connectivity index is 4.40. The van der Waals surface area contributed by atoms with Gasteiger partial charge in [0.2, 0.25) is 0 Å². The van der Waals surface area contributed by atoms with E-state index in [2.05, 4.69) is 26.0 Å². The predicted molar refractivity (Wildman–Crippen MR) is 181 cm³/mol. The maximum absolute atomic E-state index is 12.5. The van der Waals surface area contributed by atoms with E-state index in [0.29, 0.717) is 17.4 Å². The summed E-state index contributed by atoms with van der Waals surface area (Å²) in [6.45, 7) is 4.13. The topological polar surface area (TPSA) is 111 Å². The van der Waals surface area contributed by atoms with Crippen LogP contribution in [-0.4, -0.2) is 70.0 Å². The number of rotatable bonds is 32. The highest BCUT2D eigenvalue weighted by molar-refractivity contribution is 7.45. The Hall–Kier alpha value is -1.25. The minimum Gasteiger partial charge on any atom is -0.756 e. The number of esters is 2. The summed E-state index contributed by atoms with van der Waals surface area (Å²) in [6, 6.07) is 0. The molecule has 0 spiro atoms. The molecule has 0 rings (SSSR count). The lowest BCUT2D eigenvalue weighted by atomic mass is 10.1. The van der Waals surface area contributed by atoms with E-state index in [1.54, 1.807) is 0 Å². The van der Waals surface area contributed by atoms with Gasteiger partial charge in [-0.05, 0) is 38.5 Å². The van der Waals surface area contributed by atoms with Crippen molar-refractivity contribution in [3.05, 3.63) is 12.2 Å². The number of nitrogens with zero attached hydrogens (tertiary/aromatic N) is 1. The number of likely N-dealkylation sites (N-methyl/N-ethyl adjacent to an activating group) is 1. The molecule has 0 saturated carbocycles. The van der Waals surface area contributed by atoms with Gasteiger partial charge in [-0.15, -0.1) is 0 Å². The number of phosphoric ester groups is 1. The third kappa shape index (κ3) is 32.5. The van der Waals surface area contributed by atoms with E-state index in [9.17, 15) is 19.0 Å². The van der Waals surface area contributed by atoms with Crippen molar-refractivity contribution in [3.63, 3.8) is 0 Å². The van der Waals surface area contributed by atoms with Gasteiger partial charge in [-0.1, -0.05) is 109 Å². The average molecular weight is 662 g/mol. The van der Waals surface area contributed by atoms with Gasteiger partial charge < -0.3 is 27.9 Å². The molecule has 0 aromatic heterocycles. The highest BCUT2D eigenvalue weighted by Crippen LogP contribution is 2.38. The first kappa shape index (κ1) is 43.8. The Bertz CT molecular complexity index is 799. The van der Waals surface area contributed by atoms with Crippen LogP contribution in [0.2, 0.25) is 0 Å². The fourth-order valence-corrected chi connectivity index (χ4v) is 5.38. The zero-order valence-corrected chi connectivity index (χ0v) is 30.5. The number of phosphoric acid groups is 1. The molecule has 0 amide bonds. The third-order valence-corrected chi connectivity index (χ3v) is 8.50. The molecular weight excluding hydrogens is 593 g/mol. The van der Waals surface area contributed by atoms with Crippen molar-refractivity contribution in [2.45, 2.75) is 155 Å². The predicted octanol–water partition coefficient (Wildman–Crippen LogP) is 8.44. The minimum atomic E-state index is -4.60. The van der Waals surface area contributed by atoms with Crippen molar-refractivity contribution in [2.75, 3.05) is 47.5 Å². The highest BCUT2D eigenvalue weighted by Gasteiger charge is 2.21. The van der Waals surface area contributed by atoms with E-state index in [4.69, 9.17) is 18.5 Å². The van der Waals surface area contributed by atoms with E-state index in [-0.39, 0.29) is 26.1 Å². The lowest BCUT2D eigenvalue weighted by molar-refractivity contribution is -0.870. The van der Waals surface area contributed by atoms with Gasteiger partial charge in [0.15, 0.2) is 6.10 Å². The van der Waals surface area contributed by atoms with Gasteiger partial charge in [0, 0.05) is 12.8 Å². The van der Waals surface area contributed by atoms with E-state index in [0.717, 1.165) is 57.8 Å². The van der Waals surface area contributed by atoms with Gasteiger partial charge in [-0.25, -0.2) is 0 Å². The molecule has 1 unspecified atom stereocenters. The maximum Gasteiger partial charge on any atom is 0.306 e. The van der Waals surface area contributed by atoms with Gasteiger partial charge in [-0.2, -0.15) is 0 Å². The molecule has 0 aromatic carbocycles. The van der Waals surface area contributed by atoms with Crippen molar-refractivity contribution in [3.8, 4) is 0 Å². The summed E-state index contributed by atoms with van der Waals surface area (Å²) in [5.74, 6) is -0.851. The Morgan fingerprint density at radius 3 is 1.64 bits per heavy atom. The van der Waals surface area contributed by atoms with E-state index >= 15 is 0 Å². The zero-order valence-electron chi connectivity index (χ0n) is 29.6. The van der Waals surface area contributed by atoms with Gasteiger partial charge in [0.05, 0.1) is 27.7 Å². The first-order chi connectivity index (χ1) is 21.5. The van der Waals surface area contributed by atoms with Crippen LogP contribution in [0.15, 0.2) is 12.2 Å². The molecule has 0 aromatic rings. The van der Waals surface area contributed by atoms with E-state index in [1.807, 2.05) is 21.1 Å². The monoisotopic (exact) mass is 661 g/mol. The summed E-state index contributed by atoms with van der Waals surface area (Å²) in [5.41, 5.74) is 0. The molecule has 0 aliphatic heterocycles. The third-order valence-electron chi connectivity index (χ3n) is 7.54. The lowest BCUT2D eigenvalue weighted by Crippen LogP contribution is -2.37. The Labute approximate surface area is 276 Å². The minimum absolute atomic E-state index is 0.0299. The molecule has 0 radical (unpaired) electrons. The van der Waals surface area contributed by atoms with Crippen LogP contribution in [0, 0.1) is 0 Å². The first-order valence-corrected chi connectivity index (χ1v) is 19.4. The Morgan fingerprint density at radius 1 is 0.667 bits per heavy atom. The number of ether oxygens (including phenoxy) is 2. The van der Waals surface area contributed by atoms with Gasteiger partial charge >= 0.3 is 11.9 Å². The van der Waals surface area contributed by atoms with Crippen molar-refractivity contribution in [1.29, 1.82) is 0 Å². The molecule has 0 heterocycles. The average Bonchev–Trinajstić information content (AvgIpc) is 2.97. The normalized spacial score (nSPS) is 14.0. The number of hydrogen-bond donors (Lipinski definition) is 0. The number of hydrogen-bond acceptors (Lipinski definition) is 8.